The fraction of sp³-hybridized carbons (Fsp3) is 0.552. The van der Waals surface area contributed by atoms with Crippen LogP contribution in [0.15, 0.2) is 29.8 Å². The molecule has 1 aromatic carbocycles. The molecule has 3 rings (SSSR count). The van der Waals surface area contributed by atoms with Crippen molar-refractivity contribution in [3.8, 4) is 10.4 Å². The van der Waals surface area contributed by atoms with Gasteiger partial charge in [-0.1, -0.05) is 45.0 Å². The third kappa shape index (κ3) is 8.82. The van der Waals surface area contributed by atoms with Crippen LogP contribution in [0.1, 0.15) is 64.3 Å². The number of hydrogen-bond acceptors (Lipinski definition) is 8. The van der Waals surface area contributed by atoms with Crippen LogP contribution in [0.3, 0.4) is 0 Å². The molecule has 4 N–H and O–H groups in total. The van der Waals surface area contributed by atoms with E-state index in [1.807, 2.05) is 38.1 Å². The van der Waals surface area contributed by atoms with Crippen molar-refractivity contribution >= 4 is 35.0 Å². The molecule has 12 heteroatoms. The number of aryl methyl sites for hydroxylation is 1. The van der Waals surface area contributed by atoms with E-state index in [1.54, 1.807) is 37.6 Å². The number of nitrogens with zero attached hydrogens (tertiary/aromatic N) is 2. The van der Waals surface area contributed by atoms with Gasteiger partial charge in [0.2, 0.25) is 17.7 Å². The molecule has 1 fully saturated rings. The second kappa shape index (κ2) is 14.0. The number of likely N-dealkylation sites (tertiary alicyclic amines) is 1. The minimum atomic E-state index is -0.992. The summed E-state index contributed by atoms with van der Waals surface area (Å²) in [5, 5.41) is 24.8. The summed E-state index contributed by atoms with van der Waals surface area (Å²) >= 11 is 1.57. The molecule has 41 heavy (non-hydrogen) atoms. The van der Waals surface area contributed by atoms with Crippen LogP contribution < -0.4 is 10.6 Å². The Morgan fingerprint density at radius 3 is 2.37 bits per heavy atom. The van der Waals surface area contributed by atoms with Crippen molar-refractivity contribution < 1.29 is 34.1 Å². The van der Waals surface area contributed by atoms with Crippen molar-refractivity contribution in [2.75, 3.05) is 19.8 Å². The zero-order valence-electron chi connectivity index (χ0n) is 24.2. The second-order valence-corrected chi connectivity index (χ2v) is 12.2. The Kier molecular flexibility index (Phi) is 11.0. The van der Waals surface area contributed by atoms with E-state index < -0.39 is 41.4 Å². The van der Waals surface area contributed by atoms with Gasteiger partial charge < -0.3 is 30.5 Å². The first-order valence-electron chi connectivity index (χ1n) is 13.7. The largest absolute Gasteiger partial charge is 0.481 e. The molecule has 0 spiro atoms. The predicted molar refractivity (Wildman–Crippen MR) is 154 cm³/mol. The van der Waals surface area contributed by atoms with Gasteiger partial charge >= 0.3 is 5.97 Å². The molecule has 1 saturated heterocycles. The van der Waals surface area contributed by atoms with Crippen LogP contribution in [0.4, 0.5) is 0 Å². The Hall–Kier alpha value is -3.35. The molecule has 0 bridgehead atoms. The van der Waals surface area contributed by atoms with Crippen LogP contribution in [0.5, 0.6) is 0 Å². The quantitative estimate of drug-likeness (QED) is 0.276. The summed E-state index contributed by atoms with van der Waals surface area (Å²) in [7, 11) is 0. The lowest BCUT2D eigenvalue weighted by Gasteiger charge is -2.35. The van der Waals surface area contributed by atoms with Gasteiger partial charge in [0.05, 0.1) is 47.9 Å². The van der Waals surface area contributed by atoms with Gasteiger partial charge in [0.15, 0.2) is 0 Å². The molecular weight excluding hydrogens is 548 g/mol. The van der Waals surface area contributed by atoms with E-state index in [4.69, 9.17) is 9.84 Å². The number of aromatic nitrogens is 1. The highest BCUT2D eigenvalue weighted by Crippen LogP contribution is 2.29. The van der Waals surface area contributed by atoms with Crippen LogP contribution in [0, 0.1) is 12.3 Å². The van der Waals surface area contributed by atoms with Gasteiger partial charge in [-0.3, -0.25) is 19.2 Å². The van der Waals surface area contributed by atoms with Crippen molar-refractivity contribution in [1.29, 1.82) is 0 Å². The molecule has 0 radical (unpaired) electrons. The van der Waals surface area contributed by atoms with Gasteiger partial charge in [-0.15, -0.1) is 11.3 Å². The normalized spacial score (nSPS) is 18.5. The zero-order valence-corrected chi connectivity index (χ0v) is 25.0. The number of thiazole rings is 1. The Morgan fingerprint density at radius 2 is 1.78 bits per heavy atom. The zero-order chi connectivity index (χ0) is 30.3. The lowest BCUT2D eigenvalue weighted by molar-refractivity contribution is -0.144. The van der Waals surface area contributed by atoms with Crippen molar-refractivity contribution in [2.24, 2.45) is 5.41 Å². The van der Waals surface area contributed by atoms with Crippen molar-refractivity contribution in [1.82, 2.24) is 20.5 Å². The minimum absolute atomic E-state index is 0.0128. The number of benzene rings is 1. The van der Waals surface area contributed by atoms with Crippen LogP contribution in [-0.4, -0.2) is 81.7 Å². The number of ether oxygens (including phenoxy) is 1. The molecule has 1 aromatic heterocycles. The standard InChI is InChI=1S/C29H40N4O7S/c1-17(19-6-8-20(9-7-19)25-18(2)30-16-41-25)31-27(38)22-14-21(34)15-33(22)28(39)26(29(3,4)5)32-23(35)10-12-40-13-11-24(36)37/h6-9,16-17,21-22,26,34H,10-15H2,1-5H3,(H,31,38)(H,32,35)(H,36,37)/t17-,21+,22-,26+/m0/s1. The lowest BCUT2D eigenvalue weighted by atomic mass is 9.85. The summed E-state index contributed by atoms with van der Waals surface area (Å²) in [4.78, 5) is 57.0. The Morgan fingerprint density at radius 1 is 1.12 bits per heavy atom. The third-order valence-corrected chi connectivity index (χ3v) is 7.97. The van der Waals surface area contributed by atoms with E-state index in [-0.39, 0.29) is 51.0 Å². The van der Waals surface area contributed by atoms with Crippen molar-refractivity contribution in [3.05, 3.63) is 41.0 Å². The van der Waals surface area contributed by atoms with E-state index in [2.05, 4.69) is 15.6 Å². The number of carboxylic acids is 1. The smallest absolute Gasteiger partial charge is 0.305 e. The monoisotopic (exact) mass is 588 g/mol. The SMILES string of the molecule is Cc1ncsc1-c1ccc([C@H](C)NC(=O)[C@@H]2C[C@@H](O)CN2C(=O)[C@@H](NC(=O)CCOCCC(=O)O)C(C)(C)C)cc1. The van der Waals surface area contributed by atoms with Gasteiger partial charge in [0.25, 0.3) is 0 Å². The van der Waals surface area contributed by atoms with Crippen LogP contribution in [0.2, 0.25) is 0 Å². The number of aliphatic hydroxyl groups excluding tert-OH is 1. The van der Waals surface area contributed by atoms with Crippen molar-refractivity contribution in [3.63, 3.8) is 0 Å². The molecule has 11 nitrogen and oxygen atoms in total. The van der Waals surface area contributed by atoms with Gasteiger partial charge in [-0.05, 0) is 30.4 Å². The van der Waals surface area contributed by atoms with E-state index in [0.717, 1.165) is 21.7 Å². The van der Waals surface area contributed by atoms with E-state index in [9.17, 15) is 24.3 Å². The molecule has 2 heterocycles. The highest BCUT2D eigenvalue weighted by Gasteiger charge is 2.44. The number of amides is 3. The molecule has 0 saturated carbocycles. The van der Waals surface area contributed by atoms with Gasteiger partial charge in [0.1, 0.15) is 12.1 Å². The number of carbonyl (C=O) groups is 4. The second-order valence-electron chi connectivity index (χ2n) is 11.4. The highest BCUT2D eigenvalue weighted by molar-refractivity contribution is 7.13. The number of hydrogen-bond donors (Lipinski definition) is 4. The summed E-state index contributed by atoms with van der Waals surface area (Å²) in [6.07, 6.45) is -0.992. The molecule has 0 unspecified atom stereocenters. The van der Waals surface area contributed by atoms with Crippen LogP contribution >= 0.6 is 11.3 Å². The molecule has 4 atom stereocenters. The first-order chi connectivity index (χ1) is 19.3. The van der Waals surface area contributed by atoms with E-state index >= 15 is 0 Å². The summed E-state index contributed by atoms with van der Waals surface area (Å²) in [5.74, 6) is -2.25. The number of aliphatic hydroxyl groups is 1. The maximum Gasteiger partial charge on any atom is 0.305 e. The summed E-state index contributed by atoms with van der Waals surface area (Å²) in [6.45, 7) is 9.22. The number of nitrogens with one attached hydrogen (secondary N) is 2. The number of carbonyl (C=O) groups excluding carboxylic acids is 3. The van der Waals surface area contributed by atoms with Crippen LogP contribution in [-0.2, 0) is 23.9 Å². The predicted octanol–water partition coefficient (Wildman–Crippen LogP) is 2.67. The molecular formula is C29H40N4O7S. The Balaban J connectivity index is 1.64. The summed E-state index contributed by atoms with van der Waals surface area (Å²) in [6, 6.07) is 5.69. The minimum Gasteiger partial charge on any atom is -0.481 e. The summed E-state index contributed by atoms with van der Waals surface area (Å²) in [5.41, 5.74) is 4.02. The average Bonchev–Trinajstić information content (AvgIpc) is 3.51. The number of β-amino-alcohol motifs (C(OH)–C–C–N with tert-alkyl or cyclic N) is 1. The first kappa shape index (κ1) is 32.2. The number of aliphatic carboxylic acids is 1. The molecule has 2 aromatic rings. The number of rotatable bonds is 12. The van der Waals surface area contributed by atoms with Gasteiger partial charge in [-0.2, -0.15) is 0 Å². The molecule has 1 aliphatic heterocycles. The molecule has 1 aliphatic rings. The Labute approximate surface area is 244 Å². The van der Waals surface area contributed by atoms with Crippen molar-refractivity contribution in [2.45, 2.75) is 78.1 Å². The molecule has 0 aliphatic carbocycles. The number of carboxylic acid groups (broad SMARTS) is 1. The fourth-order valence-corrected chi connectivity index (χ4v) is 5.49. The molecule has 224 valence electrons. The fourth-order valence-electron chi connectivity index (χ4n) is 4.68. The maximum absolute atomic E-state index is 13.7. The molecule has 3 amide bonds. The average molecular weight is 589 g/mol. The lowest BCUT2D eigenvalue weighted by Crippen LogP contribution is -2.58. The Bertz CT molecular complexity index is 1220. The topological polar surface area (TPSA) is 158 Å². The van der Waals surface area contributed by atoms with Gasteiger partial charge in [-0.25, -0.2) is 4.98 Å². The van der Waals surface area contributed by atoms with Gasteiger partial charge in [0, 0.05) is 19.4 Å². The van der Waals surface area contributed by atoms with E-state index in [1.165, 1.54) is 4.90 Å². The first-order valence-corrected chi connectivity index (χ1v) is 14.5. The third-order valence-electron chi connectivity index (χ3n) is 6.99. The maximum atomic E-state index is 13.7. The van der Waals surface area contributed by atoms with E-state index in [0.29, 0.717) is 0 Å². The summed E-state index contributed by atoms with van der Waals surface area (Å²) < 4.78 is 5.18. The van der Waals surface area contributed by atoms with Crippen LogP contribution in [0.25, 0.3) is 10.4 Å². The highest BCUT2D eigenvalue weighted by atomic mass is 32.1.